The third kappa shape index (κ3) is 4.57. The molecule has 0 aliphatic heterocycles. The van der Waals surface area contributed by atoms with Crippen LogP contribution in [0.1, 0.15) is 16.9 Å². The van der Waals surface area contributed by atoms with Gasteiger partial charge in [0.05, 0.1) is 5.69 Å². The van der Waals surface area contributed by atoms with Gasteiger partial charge in [-0.25, -0.2) is 9.59 Å². The average molecular weight is 357 g/mol. The van der Waals surface area contributed by atoms with E-state index in [1.807, 2.05) is 0 Å². The number of carboxylic acids is 1. The van der Waals surface area contributed by atoms with Crippen molar-refractivity contribution in [1.82, 2.24) is 9.78 Å². The molecule has 0 atom stereocenters. The molecule has 134 valence electrons. The van der Waals surface area contributed by atoms with Gasteiger partial charge in [-0.3, -0.25) is 4.68 Å². The number of halogens is 3. The van der Waals surface area contributed by atoms with Crippen LogP contribution >= 0.6 is 0 Å². The van der Waals surface area contributed by atoms with E-state index in [-0.39, 0.29) is 23.7 Å². The molecule has 2 aromatic rings. The van der Waals surface area contributed by atoms with E-state index in [1.54, 1.807) is 0 Å². The summed E-state index contributed by atoms with van der Waals surface area (Å²) in [6.45, 7) is 0.623. The third-order valence-corrected chi connectivity index (χ3v) is 3.14. The summed E-state index contributed by atoms with van der Waals surface area (Å²) < 4.78 is 42.3. The van der Waals surface area contributed by atoms with Gasteiger partial charge in [-0.15, -0.1) is 0 Å². The van der Waals surface area contributed by atoms with Gasteiger partial charge in [0.2, 0.25) is 0 Å². The second kappa shape index (κ2) is 7.34. The summed E-state index contributed by atoms with van der Waals surface area (Å²) in [6, 6.07) is 6.50. The first-order valence-corrected chi connectivity index (χ1v) is 7.13. The first kappa shape index (κ1) is 18.5. The van der Waals surface area contributed by atoms with Gasteiger partial charge in [-0.1, -0.05) is 12.1 Å². The van der Waals surface area contributed by atoms with Crippen LogP contribution in [0, 0.1) is 0 Å². The van der Waals surface area contributed by atoms with E-state index in [0.717, 1.165) is 0 Å². The second-order valence-electron chi connectivity index (χ2n) is 5.00. The number of hydrogen-bond donors (Lipinski definition) is 2. The normalized spacial score (nSPS) is 11.4. The molecule has 0 amide bonds. The fourth-order valence-corrected chi connectivity index (χ4v) is 2.03. The zero-order valence-electron chi connectivity index (χ0n) is 12.8. The summed E-state index contributed by atoms with van der Waals surface area (Å²) in [6.07, 6.45) is -4.61. The zero-order valence-corrected chi connectivity index (χ0v) is 12.8. The summed E-state index contributed by atoms with van der Waals surface area (Å²) in [7, 11) is 0. The Balaban J connectivity index is 2.31. The largest absolute Gasteiger partial charge is 0.491 e. The van der Waals surface area contributed by atoms with Gasteiger partial charge in [-0.2, -0.15) is 18.3 Å². The predicted molar refractivity (Wildman–Crippen MR) is 80.0 cm³/mol. The molecule has 0 fully saturated rings. The summed E-state index contributed by atoms with van der Waals surface area (Å²) in [5, 5.41) is 13.3. The highest BCUT2D eigenvalue weighted by Crippen LogP contribution is 2.26. The number of benzene rings is 1. The molecule has 0 aliphatic carbocycles. The quantitative estimate of drug-likeness (QED) is 0.605. The maximum atomic E-state index is 12.3. The molecule has 2 rings (SSSR count). The molecule has 0 unspecified atom stereocenters. The number of aryl methyl sites for hydroxylation is 1. The van der Waals surface area contributed by atoms with Crippen LogP contribution in [0.25, 0.3) is 11.3 Å². The fraction of sp³-hybridized carbons (Fsp3) is 0.267. The van der Waals surface area contributed by atoms with Crippen molar-refractivity contribution in [3.8, 4) is 17.0 Å². The molecule has 3 N–H and O–H groups in total. The van der Waals surface area contributed by atoms with Crippen molar-refractivity contribution in [1.29, 1.82) is 0 Å². The van der Waals surface area contributed by atoms with Crippen molar-refractivity contribution in [2.24, 2.45) is 5.73 Å². The number of carboxylic acid groups (broad SMARTS) is 1. The summed E-state index contributed by atoms with van der Waals surface area (Å²) in [5.74, 6) is -3.87. The lowest BCUT2D eigenvalue weighted by Gasteiger charge is -2.07. The fourth-order valence-electron chi connectivity index (χ4n) is 2.03. The first-order chi connectivity index (χ1) is 11.7. The van der Waals surface area contributed by atoms with Gasteiger partial charge in [0.1, 0.15) is 11.4 Å². The molecule has 7 nitrogen and oxygen atoms in total. The van der Waals surface area contributed by atoms with E-state index in [9.17, 15) is 27.9 Å². The lowest BCUT2D eigenvalue weighted by atomic mass is 10.1. The van der Waals surface area contributed by atoms with E-state index < -0.39 is 18.1 Å². The number of carbonyl (C=O) groups excluding carboxylic acids is 1. The summed E-state index contributed by atoms with van der Waals surface area (Å²) in [4.78, 5) is 22.2. The van der Waals surface area contributed by atoms with E-state index in [1.165, 1.54) is 35.0 Å². The van der Waals surface area contributed by atoms with E-state index in [0.29, 0.717) is 18.5 Å². The molecular weight excluding hydrogens is 343 g/mol. The molecule has 0 saturated heterocycles. The predicted octanol–water partition coefficient (Wildman–Crippen LogP) is 2.06. The number of carbonyl (C=O) groups is 2. The number of esters is 1. The Labute approximate surface area is 139 Å². The highest BCUT2D eigenvalue weighted by atomic mass is 19.4. The van der Waals surface area contributed by atoms with Crippen molar-refractivity contribution in [3.63, 3.8) is 0 Å². The van der Waals surface area contributed by atoms with Crippen LogP contribution < -0.4 is 10.5 Å². The van der Waals surface area contributed by atoms with Crippen LogP contribution in [0.2, 0.25) is 0 Å². The first-order valence-electron chi connectivity index (χ1n) is 7.13. The maximum absolute atomic E-state index is 12.3. The van der Waals surface area contributed by atoms with Gasteiger partial charge in [-0.05, 0) is 31.2 Å². The minimum atomic E-state index is -5.11. The van der Waals surface area contributed by atoms with Crippen molar-refractivity contribution in [2.75, 3.05) is 6.54 Å². The standard InChI is InChI=1S/C15H14F3N3O4/c16-15(17,18)14(24)25-10-4-1-3-9(7-10)11-8-12(13(22)23)21(20-11)6-2-5-19/h1,3-4,7-8H,2,5-6,19H2,(H,22,23). The smallest absolute Gasteiger partial charge is 0.477 e. The van der Waals surface area contributed by atoms with Crippen LogP contribution in [0.5, 0.6) is 5.75 Å². The minimum Gasteiger partial charge on any atom is -0.477 e. The van der Waals surface area contributed by atoms with E-state index >= 15 is 0 Å². The molecular formula is C15H14F3N3O4. The van der Waals surface area contributed by atoms with Crippen LogP contribution in [0.15, 0.2) is 30.3 Å². The molecule has 25 heavy (non-hydrogen) atoms. The Hall–Kier alpha value is -2.88. The number of nitrogens with two attached hydrogens (primary N) is 1. The molecule has 0 bridgehead atoms. The van der Waals surface area contributed by atoms with Crippen molar-refractivity contribution in [2.45, 2.75) is 19.1 Å². The number of aromatic carboxylic acids is 1. The van der Waals surface area contributed by atoms with Gasteiger partial charge >= 0.3 is 18.1 Å². The second-order valence-corrected chi connectivity index (χ2v) is 5.00. The monoisotopic (exact) mass is 357 g/mol. The molecule has 1 heterocycles. The number of aromatic nitrogens is 2. The Morgan fingerprint density at radius 3 is 2.60 bits per heavy atom. The Morgan fingerprint density at radius 2 is 2.00 bits per heavy atom. The average Bonchev–Trinajstić information content (AvgIpc) is 2.96. The highest BCUT2D eigenvalue weighted by molar-refractivity contribution is 5.87. The maximum Gasteiger partial charge on any atom is 0.491 e. The molecule has 0 spiro atoms. The van der Waals surface area contributed by atoms with Gasteiger partial charge in [0, 0.05) is 12.1 Å². The summed E-state index contributed by atoms with van der Waals surface area (Å²) >= 11 is 0. The topological polar surface area (TPSA) is 107 Å². The van der Waals surface area contributed by atoms with Crippen molar-refractivity contribution >= 4 is 11.9 Å². The molecule has 0 radical (unpaired) electrons. The highest BCUT2D eigenvalue weighted by Gasteiger charge is 2.41. The lowest BCUT2D eigenvalue weighted by Crippen LogP contribution is -2.27. The number of nitrogens with zero attached hydrogens (tertiary/aromatic N) is 2. The van der Waals surface area contributed by atoms with Crippen LogP contribution in [-0.2, 0) is 11.3 Å². The molecule has 10 heteroatoms. The zero-order chi connectivity index (χ0) is 18.6. The number of hydrogen-bond acceptors (Lipinski definition) is 5. The number of ether oxygens (including phenoxy) is 1. The van der Waals surface area contributed by atoms with Crippen LogP contribution in [0.4, 0.5) is 13.2 Å². The lowest BCUT2D eigenvalue weighted by molar-refractivity contribution is -0.189. The van der Waals surface area contributed by atoms with E-state index in [2.05, 4.69) is 9.84 Å². The molecule has 0 aliphatic rings. The number of rotatable bonds is 6. The minimum absolute atomic E-state index is 0.0823. The van der Waals surface area contributed by atoms with Gasteiger partial charge < -0.3 is 15.6 Å². The summed E-state index contributed by atoms with van der Waals surface area (Å²) in [5.41, 5.74) is 5.84. The number of alkyl halides is 3. The van der Waals surface area contributed by atoms with Crippen LogP contribution in [0.3, 0.4) is 0 Å². The van der Waals surface area contributed by atoms with Gasteiger partial charge in [0.15, 0.2) is 0 Å². The Morgan fingerprint density at radius 1 is 1.28 bits per heavy atom. The van der Waals surface area contributed by atoms with Crippen molar-refractivity contribution in [3.05, 3.63) is 36.0 Å². The molecule has 0 saturated carbocycles. The van der Waals surface area contributed by atoms with Gasteiger partial charge in [0.25, 0.3) is 0 Å². The third-order valence-electron chi connectivity index (χ3n) is 3.14. The Bertz CT molecular complexity index is 787. The molecule has 1 aromatic carbocycles. The Kier molecular flexibility index (Phi) is 5.42. The van der Waals surface area contributed by atoms with Crippen LogP contribution in [-0.4, -0.2) is 39.5 Å². The SMILES string of the molecule is NCCCn1nc(-c2cccc(OC(=O)C(F)(F)F)c2)cc1C(=O)O. The van der Waals surface area contributed by atoms with Crippen molar-refractivity contribution < 1.29 is 32.6 Å². The van der Waals surface area contributed by atoms with E-state index in [4.69, 9.17) is 5.73 Å². The molecule has 1 aromatic heterocycles.